The molecule has 0 N–H and O–H groups in total. The first-order valence-corrected chi connectivity index (χ1v) is 12.6. The van der Waals surface area contributed by atoms with E-state index in [1.807, 2.05) is 36.5 Å². The molecule has 10 heteroatoms. The van der Waals surface area contributed by atoms with E-state index in [1.165, 1.54) is 16.4 Å². The third kappa shape index (κ3) is 4.26. The number of ether oxygens (including phenoxy) is 2. The molecule has 0 radical (unpaired) electrons. The number of aromatic nitrogens is 2. The predicted octanol–water partition coefficient (Wildman–Crippen LogP) is 2.46. The molecule has 1 unspecified atom stereocenters. The normalized spacial score (nSPS) is 18.1. The van der Waals surface area contributed by atoms with Gasteiger partial charge in [-0.2, -0.15) is 9.40 Å². The number of carbonyl (C=O) groups is 1. The van der Waals surface area contributed by atoms with Gasteiger partial charge in [-0.3, -0.25) is 4.79 Å². The van der Waals surface area contributed by atoms with Crippen LogP contribution >= 0.6 is 0 Å². The molecule has 2 aliphatic heterocycles. The Bertz CT molecular complexity index is 1290. The summed E-state index contributed by atoms with van der Waals surface area (Å²) in [5.74, 6) is 0.697. The van der Waals surface area contributed by atoms with Crippen LogP contribution in [0.3, 0.4) is 0 Å². The van der Waals surface area contributed by atoms with Crippen LogP contribution in [0.15, 0.2) is 65.8 Å². The number of nitrogens with zero attached hydrogens (tertiary/aromatic N) is 4. The lowest BCUT2D eigenvalue weighted by atomic mass is 10.2. The summed E-state index contributed by atoms with van der Waals surface area (Å²) >= 11 is 0. The maximum Gasteiger partial charge on any atom is 0.243 e. The van der Waals surface area contributed by atoms with Gasteiger partial charge in [0.25, 0.3) is 0 Å². The smallest absolute Gasteiger partial charge is 0.243 e. The number of hydrogen-bond donors (Lipinski definition) is 0. The zero-order valence-electron chi connectivity index (χ0n) is 18.8. The second kappa shape index (κ2) is 9.11. The summed E-state index contributed by atoms with van der Waals surface area (Å²) < 4.78 is 40.9. The third-order valence-corrected chi connectivity index (χ3v) is 7.97. The number of carbonyl (C=O) groups excluding carboxylic acids is 1. The SMILES string of the molecule is CN(Cc1cnn(-c2ccccc2)c1)C(=O)C1CCCN1S(=O)(=O)c1ccc2c(c1)OCCO2. The molecule has 0 bridgehead atoms. The number of fused-ring (bicyclic) bond motifs is 1. The van der Waals surface area contributed by atoms with Gasteiger partial charge in [0.1, 0.15) is 19.3 Å². The van der Waals surface area contributed by atoms with E-state index in [1.54, 1.807) is 28.9 Å². The molecule has 2 aromatic carbocycles. The van der Waals surface area contributed by atoms with Crippen molar-refractivity contribution < 1.29 is 22.7 Å². The van der Waals surface area contributed by atoms with Crippen LogP contribution in [0, 0.1) is 0 Å². The van der Waals surface area contributed by atoms with Crippen LogP contribution in [0.1, 0.15) is 18.4 Å². The Kier molecular flexibility index (Phi) is 6.01. The van der Waals surface area contributed by atoms with E-state index in [4.69, 9.17) is 9.47 Å². The minimum atomic E-state index is -3.87. The van der Waals surface area contributed by atoms with Gasteiger partial charge in [-0.05, 0) is 37.1 Å². The monoisotopic (exact) mass is 482 g/mol. The molecule has 1 amide bonds. The molecule has 2 aliphatic rings. The van der Waals surface area contributed by atoms with Crippen LogP contribution in [-0.4, -0.2) is 66.2 Å². The van der Waals surface area contributed by atoms with Gasteiger partial charge in [0.15, 0.2) is 11.5 Å². The van der Waals surface area contributed by atoms with Crippen molar-refractivity contribution >= 4 is 15.9 Å². The molecule has 0 saturated carbocycles. The number of benzene rings is 2. The fraction of sp³-hybridized carbons (Fsp3) is 0.333. The topological polar surface area (TPSA) is 94.0 Å². The zero-order valence-corrected chi connectivity index (χ0v) is 19.6. The largest absolute Gasteiger partial charge is 0.486 e. The van der Waals surface area contributed by atoms with Crippen molar-refractivity contribution in [1.29, 1.82) is 0 Å². The highest BCUT2D eigenvalue weighted by molar-refractivity contribution is 7.89. The Labute approximate surface area is 198 Å². The van der Waals surface area contributed by atoms with Gasteiger partial charge >= 0.3 is 0 Å². The first-order valence-electron chi connectivity index (χ1n) is 11.2. The molecule has 1 atom stereocenters. The summed E-state index contributed by atoms with van der Waals surface area (Å²) in [7, 11) is -2.18. The van der Waals surface area contributed by atoms with E-state index in [-0.39, 0.29) is 10.8 Å². The summed E-state index contributed by atoms with van der Waals surface area (Å²) in [5.41, 5.74) is 1.79. The highest BCUT2D eigenvalue weighted by Crippen LogP contribution is 2.35. The molecule has 1 aromatic heterocycles. The first kappa shape index (κ1) is 22.4. The Morgan fingerprint density at radius 3 is 2.68 bits per heavy atom. The molecule has 3 aromatic rings. The maximum atomic E-state index is 13.4. The lowest BCUT2D eigenvalue weighted by Gasteiger charge is -2.27. The number of likely N-dealkylation sites (N-methyl/N-ethyl adjacent to an activating group) is 1. The minimum absolute atomic E-state index is 0.100. The predicted molar refractivity (Wildman–Crippen MR) is 124 cm³/mol. The molecule has 1 fully saturated rings. The highest BCUT2D eigenvalue weighted by Gasteiger charge is 2.41. The fourth-order valence-corrected chi connectivity index (χ4v) is 6.03. The summed E-state index contributed by atoms with van der Waals surface area (Å²) in [6.45, 7) is 1.43. The van der Waals surface area contributed by atoms with Crippen molar-refractivity contribution in [3.8, 4) is 17.2 Å². The Morgan fingerprint density at radius 2 is 1.88 bits per heavy atom. The number of para-hydroxylation sites is 1. The van der Waals surface area contributed by atoms with Crippen molar-refractivity contribution in [3.05, 3.63) is 66.5 Å². The molecule has 178 valence electrons. The summed E-state index contributed by atoms with van der Waals surface area (Å²) in [6.07, 6.45) is 4.70. The van der Waals surface area contributed by atoms with E-state index in [9.17, 15) is 13.2 Å². The molecular formula is C24H26N4O5S. The number of amides is 1. The second-order valence-electron chi connectivity index (χ2n) is 8.40. The fourth-order valence-electron chi connectivity index (χ4n) is 4.36. The van der Waals surface area contributed by atoms with E-state index in [2.05, 4.69) is 5.10 Å². The van der Waals surface area contributed by atoms with Crippen molar-refractivity contribution in [3.63, 3.8) is 0 Å². The molecule has 9 nitrogen and oxygen atoms in total. The first-order chi connectivity index (χ1) is 16.4. The van der Waals surface area contributed by atoms with Crippen LogP contribution in [0.2, 0.25) is 0 Å². The van der Waals surface area contributed by atoms with Crippen molar-refractivity contribution in [1.82, 2.24) is 19.0 Å². The van der Waals surface area contributed by atoms with Crippen LogP contribution in [-0.2, 0) is 21.4 Å². The van der Waals surface area contributed by atoms with Crippen LogP contribution < -0.4 is 9.47 Å². The Balaban J connectivity index is 1.31. The second-order valence-corrected chi connectivity index (χ2v) is 10.3. The minimum Gasteiger partial charge on any atom is -0.486 e. The molecule has 0 aliphatic carbocycles. The summed E-state index contributed by atoms with van der Waals surface area (Å²) in [6, 6.07) is 13.5. The Hall–Kier alpha value is -3.37. The van der Waals surface area contributed by atoms with Crippen LogP contribution in [0.5, 0.6) is 11.5 Å². The van der Waals surface area contributed by atoms with Gasteiger partial charge in [0.05, 0.1) is 16.8 Å². The van der Waals surface area contributed by atoms with Gasteiger partial charge in [-0.15, -0.1) is 0 Å². The number of rotatable bonds is 6. The van der Waals surface area contributed by atoms with E-state index in [0.29, 0.717) is 50.6 Å². The van der Waals surface area contributed by atoms with E-state index >= 15 is 0 Å². The van der Waals surface area contributed by atoms with Crippen molar-refractivity contribution in [2.75, 3.05) is 26.8 Å². The zero-order chi connectivity index (χ0) is 23.7. The van der Waals surface area contributed by atoms with E-state index < -0.39 is 16.1 Å². The lowest BCUT2D eigenvalue weighted by molar-refractivity contribution is -0.133. The Morgan fingerprint density at radius 1 is 1.12 bits per heavy atom. The number of sulfonamides is 1. The average molecular weight is 483 g/mol. The van der Waals surface area contributed by atoms with Crippen molar-refractivity contribution in [2.45, 2.75) is 30.3 Å². The summed E-state index contributed by atoms with van der Waals surface area (Å²) in [4.78, 5) is 15.0. The lowest BCUT2D eigenvalue weighted by Crippen LogP contribution is -2.46. The quantitative estimate of drug-likeness (QED) is 0.536. The molecular weight excluding hydrogens is 456 g/mol. The average Bonchev–Trinajstić information content (AvgIpc) is 3.54. The van der Waals surface area contributed by atoms with E-state index in [0.717, 1.165) is 11.3 Å². The van der Waals surface area contributed by atoms with Gasteiger partial charge < -0.3 is 14.4 Å². The summed E-state index contributed by atoms with van der Waals surface area (Å²) in [5, 5.41) is 4.38. The molecule has 34 heavy (non-hydrogen) atoms. The van der Waals surface area contributed by atoms with Crippen LogP contribution in [0.4, 0.5) is 0 Å². The van der Waals surface area contributed by atoms with Gasteiger partial charge in [0, 0.05) is 38.0 Å². The van der Waals surface area contributed by atoms with Gasteiger partial charge in [-0.1, -0.05) is 18.2 Å². The number of hydrogen-bond acceptors (Lipinski definition) is 6. The van der Waals surface area contributed by atoms with Crippen molar-refractivity contribution in [2.24, 2.45) is 0 Å². The van der Waals surface area contributed by atoms with Crippen LogP contribution in [0.25, 0.3) is 5.69 Å². The highest BCUT2D eigenvalue weighted by atomic mass is 32.2. The maximum absolute atomic E-state index is 13.4. The standard InChI is InChI=1S/C24H26N4O5S/c1-26(16-18-15-25-27(17-18)19-6-3-2-4-7-19)24(29)21-8-5-11-28(21)34(30,31)20-9-10-22-23(14-20)33-13-12-32-22/h2-4,6-7,9-10,14-15,17,21H,5,8,11-13,16H2,1H3. The van der Waals surface area contributed by atoms with Gasteiger partial charge in [0.2, 0.25) is 15.9 Å². The molecule has 3 heterocycles. The molecule has 0 spiro atoms. The molecule has 5 rings (SSSR count). The molecule has 1 saturated heterocycles. The third-order valence-electron chi connectivity index (χ3n) is 6.06. The van der Waals surface area contributed by atoms with Gasteiger partial charge in [-0.25, -0.2) is 13.1 Å².